The minimum Gasteiger partial charge on any atom is -0.481 e. The zero-order valence-electron chi connectivity index (χ0n) is 13.4. The number of amides is 1. The molecule has 1 amide bonds. The van der Waals surface area contributed by atoms with Gasteiger partial charge in [0.05, 0.1) is 25.3 Å². The molecule has 0 aliphatic carbocycles. The number of anilines is 1. The van der Waals surface area contributed by atoms with Crippen molar-refractivity contribution in [2.45, 2.75) is 19.0 Å². The minimum atomic E-state index is -1.05. The molecule has 3 N–H and O–H groups in total. The van der Waals surface area contributed by atoms with Crippen LogP contribution in [0.5, 0.6) is 0 Å². The highest BCUT2D eigenvalue weighted by molar-refractivity contribution is 5.98. The van der Waals surface area contributed by atoms with Crippen LogP contribution in [-0.2, 0) is 16.1 Å². The average Bonchev–Trinajstić information content (AvgIpc) is 3.11. The number of benzene rings is 2. The molecule has 25 heavy (non-hydrogen) atoms. The third kappa shape index (κ3) is 4.45. The van der Waals surface area contributed by atoms with E-state index in [-0.39, 0.29) is 13.0 Å². The maximum Gasteiger partial charge on any atom is 0.305 e. The van der Waals surface area contributed by atoms with E-state index in [2.05, 4.69) is 10.6 Å². The molecule has 1 unspecified atom stereocenters. The summed E-state index contributed by atoms with van der Waals surface area (Å²) in [7, 11) is 0. The van der Waals surface area contributed by atoms with Crippen LogP contribution in [0.3, 0.4) is 0 Å². The summed E-state index contributed by atoms with van der Waals surface area (Å²) in [6, 6.07) is 16.0. The molecule has 1 aromatic heterocycles. The van der Waals surface area contributed by atoms with Gasteiger partial charge in [0.2, 0.25) is 5.91 Å². The Bertz CT molecular complexity index is 874. The summed E-state index contributed by atoms with van der Waals surface area (Å²) >= 11 is 0. The first-order chi connectivity index (χ1) is 12.1. The summed E-state index contributed by atoms with van der Waals surface area (Å²) in [6.07, 6.45) is 1.21. The van der Waals surface area contributed by atoms with Crippen molar-refractivity contribution in [1.29, 1.82) is 0 Å². The Morgan fingerprint density at radius 3 is 2.56 bits per heavy atom. The lowest BCUT2D eigenvalue weighted by atomic mass is 10.1. The Morgan fingerprint density at radius 1 is 1.04 bits per heavy atom. The molecule has 3 rings (SSSR count). The quantitative estimate of drug-likeness (QED) is 0.616. The van der Waals surface area contributed by atoms with Crippen LogP contribution in [0.1, 0.15) is 12.2 Å². The third-order valence-electron chi connectivity index (χ3n) is 3.82. The SMILES string of the molecule is O=C(O)CC(NCc1ccco1)C(=O)Nc1ccc2ccccc2c1. The Balaban J connectivity index is 1.70. The van der Waals surface area contributed by atoms with Crippen molar-refractivity contribution in [3.05, 3.63) is 66.6 Å². The molecule has 1 heterocycles. The van der Waals surface area contributed by atoms with Crippen molar-refractivity contribution < 1.29 is 19.1 Å². The zero-order chi connectivity index (χ0) is 17.6. The monoisotopic (exact) mass is 338 g/mol. The first-order valence-corrected chi connectivity index (χ1v) is 7.89. The number of carbonyl (C=O) groups excluding carboxylic acids is 1. The van der Waals surface area contributed by atoms with Gasteiger partial charge in [0.1, 0.15) is 5.76 Å². The number of fused-ring (bicyclic) bond motifs is 1. The van der Waals surface area contributed by atoms with E-state index < -0.39 is 17.9 Å². The molecule has 0 saturated heterocycles. The molecule has 0 bridgehead atoms. The van der Waals surface area contributed by atoms with E-state index in [0.29, 0.717) is 11.4 Å². The lowest BCUT2D eigenvalue weighted by Gasteiger charge is -2.16. The van der Waals surface area contributed by atoms with Crippen molar-refractivity contribution >= 4 is 28.3 Å². The van der Waals surface area contributed by atoms with Gasteiger partial charge in [-0.3, -0.25) is 14.9 Å². The van der Waals surface area contributed by atoms with E-state index in [9.17, 15) is 9.59 Å². The maximum atomic E-state index is 12.5. The van der Waals surface area contributed by atoms with E-state index in [1.54, 1.807) is 18.2 Å². The summed E-state index contributed by atoms with van der Waals surface area (Å²) in [4.78, 5) is 23.5. The molecule has 6 nitrogen and oxygen atoms in total. The van der Waals surface area contributed by atoms with Gasteiger partial charge in [-0.15, -0.1) is 0 Å². The maximum absolute atomic E-state index is 12.5. The lowest BCUT2D eigenvalue weighted by molar-refractivity contribution is -0.139. The van der Waals surface area contributed by atoms with Crippen molar-refractivity contribution in [2.24, 2.45) is 0 Å². The molecular weight excluding hydrogens is 320 g/mol. The number of rotatable bonds is 7. The number of hydrogen-bond donors (Lipinski definition) is 3. The number of nitrogens with one attached hydrogen (secondary N) is 2. The van der Waals surface area contributed by atoms with Gasteiger partial charge in [0.25, 0.3) is 0 Å². The fourth-order valence-corrected chi connectivity index (χ4v) is 2.57. The molecule has 128 valence electrons. The van der Waals surface area contributed by atoms with Crippen LogP contribution in [0, 0.1) is 0 Å². The highest BCUT2D eigenvalue weighted by atomic mass is 16.4. The molecule has 3 aromatic rings. The van der Waals surface area contributed by atoms with E-state index in [0.717, 1.165) is 10.8 Å². The molecule has 2 aromatic carbocycles. The van der Waals surface area contributed by atoms with Gasteiger partial charge in [-0.25, -0.2) is 0 Å². The molecular formula is C19H18N2O4. The molecule has 0 saturated carbocycles. The standard InChI is InChI=1S/C19H18N2O4/c22-18(23)11-17(20-12-16-6-3-9-25-16)19(24)21-15-8-7-13-4-1-2-5-14(13)10-15/h1-10,17,20H,11-12H2,(H,21,24)(H,22,23). The molecule has 0 spiro atoms. The number of hydrogen-bond acceptors (Lipinski definition) is 4. The second kappa shape index (κ2) is 7.63. The average molecular weight is 338 g/mol. The first-order valence-electron chi connectivity index (χ1n) is 7.89. The van der Waals surface area contributed by atoms with Crippen LogP contribution < -0.4 is 10.6 Å². The third-order valence-corrected chi connectivity index (χ3v) is 3.82. The Kier molecular flexibility index (Phi) is 5.11. The van der Waals surface area contributed by atoms with Crippen LogP contribution in [0.2, 0.25) is 0 Å². The normalized spacial score (nSPS) is 12.0. The Morgan fingerprint density at radius 2 is 1.84 bits per heavy atom. The van der Waals surface area contributed by atoms with Crippen LogP contribution in [0.15, 0.2) is 65.3 Å². The van der Waals surface area contributed by atoms with Crippen LogP contribution in [0.4, 0.5) is 5.69 Å². The van der Waals surface area contributed by atoms with Gasteiger partial charge in [-0.1, -0.05) is 30.3 Å². The Hall–Kier alpha value is -3.12. The lowest BCUT2D eigenvalue weighted by Crippen LogP contribution is -2.41. The van der Waals surface area contributed by atoms with Crippen LogP contribution in [-0.4, -0.2) is 23.0 Å². The van der Waals surface area contributed by atoms with Crippen molar-refractivity contribution in [2.75, 3.05) is 5.32 Å². The number of carbonyl (C=O) groups is 2. The van der Waals surface area contributed by atoms with Gasteiger partial charge in [0.15, 0.2) is 0 Å². The van der Waals surface area contributed by atoms with Gasteiger partial charge in [-0.05, 0) is 35.0 Å². The predicted molar refractivity (Wildman–Crippen MR) is 94.2 cm³/mol. The first kappa shape index (κ1) is 16.7. The van der Waals surface area contributed by atoms with E-state index in [1.165, 1.54) is 6.26 Å². The summed E-state index contributed by atoms with van der Waals surface area (Å²) in [5.41, 5.74) is 0.624. The van der Waals surface area contributed by atoms with Crippen molar-refractivity contribution in [1.82, 2.24) is 5.32 Å². The molecule has 1 atom stereocenters. The van der Waals surface area contributed by atoms with Crippen molar-refractivity contribution in [3.63, 3.8) is 0 Å². The number of carboxylic acid groups (broad SMARTS) is 1. The van der Waals surface area contributed by atoms with Crippen LogP contribution in [0.25, 0.3) is 10.8 Å². The van der Waals surface area contributed by atoms with Crippen molar-refractivity contribution in [3.8, 4) is 0 Å². The van der Waals surface area contributed by atoms with Gasteiger partial charge in [0, 0.05) is 5.69 Å². The Labute approximate surface area is 144 Å². The minimum absolute atomic E-state index is 0.274. The molecule has 0 aliphatic heterocycles. The zero-order valence-corrected chi connectivity index (χ0v) is 13.4. The molecule has 0 radical (unpaired) electrons. The molecule has 0 aliphatic rings. The molecule has 0 fully saturated rings. The number of carboxylic acids is 1. The summed E-state index contributed by atoms with van der Waals surface area (Å²) in [6.45, 7) is 0.274. The topological polar surface area (TPSA) is 91.6 Å². The number of aliphatic carboxylic acids is 1. The van der Waals surface area contributed by atoms with Gasteiger partial charge in [-0.2, -0.15) is 0 Å². The smallest absolute Gasteiger partial charge is 0.305 e. The van der Waals surface area contributed by atoms with Gasteiger partial charge < -0.3 is 14.8 Å². The summed E-state index contributed by atoms with van der Waals surface area (Å²) < 4.78 is 5.19. The largest absolute Gasteiger partial charge is 0.481 e. The predicted octanol–water partition coefficient (Wildman–Crippen LogP) is 3.00. The summed E-state index contributed by atoms with van der Waals surface area (Å²) in [5.74, 6) is -0.816. The summed E-state index contributed by atoms with van der Waals surface area (Å²) in [5, 5.41) is 16.8. The van der Waals surface area contributed by atoms with E-state index in [1.807, 2.05) is 36.4 Å². The fourth-order valence-electron chi connectivity index (χ4n) is 2.57. The highest BCUT2D eigenvalue weighted by Gasteiger charge is 2.21. The number of furan rings is 1. The fraction of sp³-hybridized carbons (Fsp3) is 0.158. The highest BCUT2D eigenvalue weighted by Crippen LogP contribution is 2.19. The second-order valence-electron chi connectivity index (χ2n) is 5.66. The van der Waals surface area contributed by atoms with E-state index in [4.69, 9.17) is 9.52 Å². The molecule has 6 heteroatoms. The second-order valence-corrected chi connectivity index (χ2v) is 5.66. The van der Waals surface area contributed by atoms with Gasteiger partial charge >= 0.3 is 5.97 Å². The van der Waals surface area contributed by atoms with Crippen LogP contribution >= 0.6 is 0 Å². The van der Waals surface area contributed by atoms with E-state index >= 15 is 0 Å².